The number of nitrogens with one attached hydrogen (secondary N) is 1. The minimum atomic E-state index is -0.298. The zero-order valence-corrected chi connectivity index (χ0v) is 13.6. The van der Waals surface area contributed by atoms with Crippen LogP contribution in [0.1, 0.15) is 23.7 Å². The number of carbonyl (C=O) groups is 1. The molecule has 0 fully saturated rings. The second-order valence-electron chi connectivity index (χ2n) is 4.32. The van der Waals surface area contributed by atoms with Gasteiger partial charge in [-0.2, -0.15) is 5.10 Å². The lowest BCUT2D eigenvalue weighted by Crippen LogP contribution is -2.51. The number of aromatic nitrogens is 3. The Kier molecular flexibility index (Phi) is 4.57. The van der Waals surface area contributed by atoms with Gasteiger partial charge in [0.25, 0.3) is 5.91 Å². The van der Waals surface area contributed by atoms with Crippen molar-refractivity contribution in [2.75, 3.05) is 10.7 Å². The van der Waals surface area contributed by atoms with Gasteiger partial charge in [0.05, 0.1) is 29.0 Å². The van der Waals surface area contributed by atoms with E-state index in [2.05, 4.69) is 47.3 Å². The first-order valence-electron chi connectivity index (χ1n) is 5.87. The van der Waals surface area contributed by atoms with Crippen LogP contribution in [-0.4, -0.2) is 36.7 Å². The van der Waals surface area contributed by atoms with Crippen LogP contribution in [0.4, 0.5) is 0 Å². The highest BCUT2D eigenvalue weighted by atomic mass is 79.9. The second-order valence-corrected chi connectivity index (χ2v) is 5.44. The molecule has 0 bridgehead atoms. The summed E-state index contributed by atoms with van der Waals surface area (Å²) in [4.78, 5) is 16.4. The van der Waals surface area contributed by atoms with Gasteiger partial charge < -0.3 is 5.32 Å². The summed E-state index contributed by atoms with van der Waals surface area (Å²) >= 11 is 6.91. The molecule has 0 aliphatic carbocycles. The Bertz CT molecular complexity index is 572. The maximum Gasteiger partial charge on any atom is 0.255 e. The van der Waals surface area contributed by atoms with E-state index in [1.165, 1.54) is 0 Å². The molecule has 1 N–H and O–H groups in total. The lowest BCUT2D eigenvalue weighted by molar-refractivity contribution is 0.0917. The summed E-state index contributed by atoms with van der Waals surface area (Å²) in [5, 5.41) is 8.57. The minimum Gasteiger partial charge on any atom is -0.345 e. The smallest absolute Gasteiger partial charge is 0.255 e. The molecule has 2 rings (SSSR count). The van der Waals surface area contributed by atoms with Crippen LogP contribution in [0.3, 0.4) is 0 Å². The summed E-state index contributed by atoms with van der Waals surface area (Å²) < 4.78 is 1.64. The van der Waals surface area contributed by atoms with E-state index in [1.54, 1.807) is 29.3 Å². The van der Waals surface area contributed by atoms with E-state index in [9.17, 15) is 4.79 Å². The molecule has 0 saturated heterocycles. The van der Waals surface area contributed by atoms with Gasteiger partial charge in [0.2, 0.25) is 0 Å². The Morgan fingerprint density at radius 3 is 2.79 bits per heavy atom. The van der Waals surface area contributed by atoms with Crippen LogP contribution in [0.25, 0.3) is 5.52 Å². The Labute approximate surface area is 128 Å². The van der Waals surface area contributed by atoms with Crippen LogP contribution < -0.4 is 5.32 Å². The van der Waals surface area contributed by atoms with Crippen molar-refractivity contribution < 1.29 is 4.79 Å². The fourth-order valence-electron chi connectivity index (χ4n) is 1.70. The summed E-state index contributed by atoms with van der Waals surface area (Å²) in [5.41, 5.74) is 0.940. The first-order chi connectivity index (χ1) is 9.15. The van der Waals surface area contributed by atoms with E-state index in [-0.39, 0.29) is 11.4 Å². The number of fused-ring (bicyclic) bond motifs is 1. The first-order valence-corrected chi connectivity index (χ1v) is 8.12. The molecule has 0 aromatic carbocycles. The minimum absolute atomic E-state index is 0.135. The fraction of sp³-hybridized carbons (Fsp3) is 0.417. The van der Waals surface area contributed by atoms with Gasteiger partial charge in [-0.05, 0) is 6.42 Å². The van der Waals surface area contributed by atoms with Crippen molar-refractivity contribution in [1.82, 2.24) is 19.9 Å². The normalized spacial score (nSPS) is 11.7. The van der Waals surface area contributed by atoms with Crippen molar-refractivity contribution in [1.29, 1.82) is 0 Å². The Morgan fingerprint density at radius 2 is 2.16 bits per heavy atom. The van der Waals surface area contributed by atoms with Gasteiger partial charge in [-0.3, -0.25) is 9.78 Å². The van der Waals surface area contributed by atoms with Crippen LogP contribution in [0.5, 0.6) is 0 Å². The van der Waals surface area contributed by atoms with E-state index in [1.807, 2.05) is 6.92 Å². The topological polar surface area (TPSA) is 59.3 Å². The number of rotatable bonds is 5. The zero-order chi connectivity index (χ0) is 13.9. The number of amides is 1. The monoisotopic (exact) mass is 388 g/mol. The fourth-order valence-corrected chi connectivity index (χ4v) is 3.70. The van der Waals surface area contributed by atoms with Crippen LogP contribution in [0.2, 0.25) is 0 Å². The molecule has 0 saturated carbocycles. The molecule has 2 heterocycles. The van der Waals surface area contributed by atoms with Gasteiger partial charge in [-0.25, -0.2) is 4.52 Å². The summed E-state index contributed by atoms with van der Waals surface area (Å²) in [7, 11) is 0. The molecule has 19 heavy (non-hydrogen) atoms. The number of carbonyl (C=O) groups excluding carboxylic acids is 1. The van der Waals surface area contributed by atoms with Crippen LogP contribution in [0.15, 0.2) is 24.8 Å². The maximum atomic E-state index is 12.4. The van der Waals surface area contributed by atoms with Crippen LogP contribution in [0, 0.1) is 0 Å². The maximum absolute atomic E-state index is 12.4. The molecule has 0 unspecified atom stereocenters. The third-order valence-electron chi connectivity index (χ3n) is 3.14. The average molecular weight is 390 g/mol. The third kappa shape index (κ3) is 2.81. The molecule has 2 aromatic rings. The Morgan fingerprint density at radius 1 is 1.42 bits per heavy atom. The largest absolute Gasteiger partial charge is 0.345 e. The van der Waals surface area contributed by atoms with Gasteiger partial charge in [0.1, 0.15) is 0 Å². The standard InChI is InChI=1S/C12H14Br2N4O/c1-2-12(7-13,8-14)17-11(19)9-5-16-18-4-3-15-6-10(9)18/h3-6H,2,7-8H2,1H3,(H,17,19). The van der Waals surface area contributed by atoms with Crippen LogP contribution >= 0.6 is 31.9 Å². The van der Waals surface area contributed by atoms with Gasteiger partial charge in [0, 0.05) is 23.1 Å². The summed E-state index contributed by atoms with van der Waals surface area (Å²) in [6.45, 7) is 2.04. The van der Waals surface area contributed by atoms with Crippen LogP contribution in [-0.2, 0) is 0 Å². The molecule has 102 valence electrons. The molecule has 2 aromatic heterocycles. The lowest BCUT2D eigenvalue weighted by Gasteiger charge is -2.29. The average Bonchev–Trinajstić information content (AvgIpc) is 2.89. The van der Waals surface area contributed by atoms with E-state index in [4.69, 9.17) is 0 Å². The van der Waals surface area contributed by atoms with Crippen molar-refractivity contribution in [3.05, 3.63) is 30.4 Å². The lowest BCUT2D eigenvalue weighted by atomic mass is 10.0. The van der Waals surface area contributed by atoms with Crippen molar-refractivity contribution in [2.45, 2.75) is 18.9 Å². The molecular formula is C12H14Br2N4O. The highest BCUT2D eigenvalue weighted by molar-refractivity contribution is 9.09. The molecule has 5 nitrogen and oxygen atoms in total. The predicted molar refractivity (Wildman–Crippen MR) is 81.1 cm³/mol. The summed E-state index contributed by atoms with van der Waals surface area (Å²) in [6, 6.07) is 0. The SMILES string of the molecule is CCC(CBr)(CBr)NC(=O)c1cnn2ccncc12. The third-order valence-corrected chi connectivity index (χ3v) is 5.28. The highest BCUT2D eigenvalue weighted by Gasteiger charge is 2.29. The molecule has 0 spiro atoms. The number of alkyl halides is 2. The van der Waals surface area contributed by atoms with Gasteiger partial charge >= 0.3 is 0 Å². The Balaban J connectivity index is 2.29. The highest BCUT2D eigenvalue weighted by Crippen LogP contribution is 2.18. The van der Waals surface area contributed by atoms with E-state index < -0.39 is 0 Å². The van der Waals surface area contributed by atoms with Crippen molar-refractivity contribution >= 4 is 43.3 Å². The number of halogens is 2. The van der Waals surface area contributed by atoms with Gasteiger partial charge in [-0.1, -0.05) is 38.8 Å². The van der Waals surface area contributed by atoms with Crippen molar-refractivity contribution in [2.24, 2.45) is 0 Å². The second kappa shape index (κ2) is 6.00. The predicted octanol–water partition coefficient (Wildman–Crippen LogP) is 2.40. The number of hydrogen-bond donors (Lipinski definition) is 1. The molecule has 1 amide bonds. The molecule has 0 atom stereocenters. The van der Waals surface area contributed by atoms with Gasteiger partial charge in [0.15, 0.2) is 0 Å². The molecular weight excluding hydrogens is 376 g/mol. The van der Waals surface area contributed by atoms with E-state index in [0.717, 1.165) is 6.42 Å². The number of nitrogens with zero attached hydrogens (tertiary/aromatic N) is 3. The van der Waals surface area contributed by atoms with Crippen molar-refractivity contribution in [3.63, 3.8) is 0 Å². The molecule has 0 aliphatic rings. The first kappa shape index (κ1) is 14.5. The molecule has 7 heteroatoms. The van der Waals surface area contributed by atoms with Gasteiger partial charge in [-0.15, -0.1) is 0 Å². The number of hydrogen-bond acceptors (Lipinski definition) is 3. The Hall–Kier alpha value is -0.950. The molecule has 0 aliphatic heterocycles. The molecule has 0 radical (unpaired) electrons. The van der Waals surface area contributed by atoms with E-state index in [0.29, 0.717) is 21.7 Å². The van der Waals surface area contributed by atoms with Crippen molar-refractivity contribution in [3.8, 4) is 0 Å². The summed E-state index contributed by atoms with van der Waals surface area (Å²) in [6.07, 6.45) is 7.38. The summed E-state index contributed by atoms with van der Waals surface area (Å²) in [5.74, 6) is -0.135. The zero-order valence-electron chi connectivity index (χ0n) is 10.4. The quantitative estimate of drug-likeness (QED) is 0.798. The van der Waals surface area contributed by atoms with E-state index >= 15 is 0 Å².